The molecule has 0 spiro atoms. The van der Waals surface area contributed by atoms with E-state index in [0.717, 1.165) is 0 Å². The van der Waals surface area contributed by atoms with Gasteiger partial charge in [0.05, 0.1) is 12.7 Å². The molecule has 1 fully saturated rings. The first kappa shape index (κ1) is 13.3. The number of rotatable bonds is 3. The van der Waals surface area contributed by atoms with Crippen LogP contribution in [0.5, 0.6) is 0 Å². The molecular formula is C8H14O8. The molecule has 16 heavy (non-hydrogen) atoms. The molecule has 1 aliphatic heterocycles. The first-order valence-corrected chi connectivity index (χ1v) is 4.60. The van der Waals surface area contributed by atoms with E-state index in [1.54, 1.807) is 0 Å². The van der Waals surface area contributed by atoms with Gasteiger partial charge in [0.15, 0.2) is 0 Å². The summed E-state index contributed by atoms with van der Waals surface area (Å²) >= 11 is 0. The Bertz CT molecular complexity index is 269. The van der Waals surface area contributed by atoms with E-state index in [0.29, 0.717) is 0 Å². The number of ether oxygens (including phenoxy) is 1. The van der Waals surface area contributed by atoms with Gasteiger partial charge in [0, 0.05) is 6.42 Å². The van der Waals surface area contributed by atoms with Gasteiger partial charge in [0.25, 0.3) is 5.79 Å². The molecule has 1 heterocycles. The van der Waals surface area contributed by atoms with Crippen LogP contribution in [0.4, 0.5) is 0 Å². The summed E-state index contributed by atoms with van der Waals surface area (Å²) in [5.41, 5.74) is 0. The zero-order valence-electron chi connectivity index (χ0n) is 8.22. The van der Waals surface area contributed by atoms with Crippen molar-refractivity contribution in [2.24, 2.45) is 0 Å². The van der Waals surface area contributed by atoms with Crippen LogP contribution in [-0.4, -0.2) is 73.4 Å². The molecule has 8 heteroatoms. The quantitative estimate of drug-likeness (QED) is 0.298. The van der Waals surface area contributed by atoms with Crippen LogP contribution >= 0.6 is 0 Å². The van der Waals surface area contributed by atoms with Crippen molar-refractivity contribution in [1.82, 2.24) is 0 Å². The molecule has 1 rings (SSSR count). The number of carboxylic acids is 1. The lowest BCUT2D eigenvalue weighted by Gasteiger charge is -2.41. The van der Waals surface area contributed by atoms with Gasteiger partial charge in [-0.05, 0) is 0 Å². The second kappa shape index (κ2) is 4.62. The van der Waals surface area contributed by atoms with Gasteiger partial charge in [-0.25, -0.2) is 4.79 Å². The number of hydrogen-bond donors (Lipinski definition) is 6. The normalized spacial score (nSPS) is 41.7. The largest absolute Gasteiger partial charge is 0.477 e. The van der Waals surface area contributed by atoms with Gasteiger partial charge in [-0.1, -0.05) is 0 Å². The molecule has 0 bridgehead atoms. The van der Waals surface area contributed by atoms with Crippen LogP contribution < -0.4 is 0 Å². The van der Waals surface area contributed by atoms with Crippen LogP contribution in [0, 0.1) is 0 Å². The van der Waals surface area contributed by atoms with Crippen molar-refractivity contribution in [2.45, 2.75) is 36.6 Å². The van der Waals surface area contributed by atoms with E-state index in [-0.39, 0.29) is 0 Å². The zero-order valence-corrected chi connectivity index (χ0v) is 8.22. The fourth-order valence-corrected chi connectivity index (χ4v) is 1.51. The molecule has 6 N–H and O–H groups in total. The van der Waals surface area contributed by atoms with E-state index in [2.05, 4.69) is 4.74 Å². The number of carboxylic acid groups (broad SMARTS) is 1. The SMILES string of the molecule is O=C(O)[C@]1(O)C[C@@H](O)[C@@H](O)C(C(O)CO)O1. The van der Waals surface area contributed by atoms with E-state index in [9.17, 15) is 25.2 Å². The number of aliphatic hydroxyl groups excluding tert-OH is 4. The fourth-order valence-electron chi connectivity index (χ4n) is 1.51. The summed E-state index contributed by atoms with van der Waals surface area (Å²) in [5, 5.41) is 54.7. The Labute approximate surface area is 90.3 Å². The van der Waals surface area contributed by atoms with Gasteiger partial charge in [0.1, 0.15) is 18.3 Å². The van der Waals surface area contributed by atoms with E-state index < -0.39 is 49.2 Å². The minimum Gasteiger partial charge on any atom is -0.477 e. The van der Waals surface area contributed by atoms with Crippen molar-refractivity contribution in [1.29, 1.82) is 0 Å². The summed E-state index contributed by atoms with van der Waals surface area (Å²) in [6.07, 6.45) is -7.05. The molecule has 5 atom stereocenters. The number of hydrogen-bond acceptors (Lipinski definition) is 7. The van der Waals surface area contributed by atoms with E-state index in [4.69, 9.17) is 10.2 Å². The maximum Gasteiger partial charge on any atom is 0.364 e. The second-order valence-corrected chi connectivity index (χ2v) is 3.68. The van der Waals surface area contributed by atoms with Crippen molar-refractivity contribution >= 4 is 5.97 Å². The molecule has 2 unspecified atom stereocenters. The van der Waals surface area contributed by atoms with Gasteiger partial charge < -0.3 is 35.4 Å². The highest BCUT2D eigenvalue weighted by molar-refractivity contribution is 5.75. The predicted molar refractivity (Wildman–Crippen MR) is 47.2 cm³/mol. The lowest BCUT2D eigenvalue weighted by molar-refractivity contribution is -0.308. The van der Waals surface area contributed by atoms with Crippen molar-refractivity contribution in [3.8, 4) is 0 Å². The fraction of sp³-hybridized carbons (Fsp3) is 0.875. The Kier molecular flexibility index (Phi) is 3.84. The Morgan fingerprint density at radius 1 is 1.50 bits per heavy atom. The molecule has 0 amide bonds. The average molecular weight is 238 g/mol. The van der Waals surface area contributed by atoms with E-state index in [1.165, 1.54) is 0 Å². The summed E-state index contributed by atoms with van der Waals surface area (Å²) in [7, 11) is 0. The number of carbonyl (C=O) groups is 1. The third-order valence-corrected chi connectivity index (χ3v) is 2.45. The highest BCUT2D eigenvalue weighted by Gasteiger charge is 2.52. The van der Waals surface area contributed by atoms with Gasteiger partial charge in [-0.2, -0.15) is 0 Å². The Hall–Kier alpha value is -0.770. The van der Waals surface area contributed by atoms with Crippen LogP contribution in [0.3, 0.4) is 0 Å². The van der Waals surface area contributed by atoms with Gasteiger partial charge in [-0.3, -0.25) is 0 Å². The number of aliphatic hydroxyl groups is 5. The van der Waals surface area contributed by atoms with Gasteiger partial charge in [0.2, 0.25) is 0 Å². The molecule has 1 saturated heterocycles. The summed E-state index contributed by atoms with van der Waals surface area (Å²) < 4.78 is 4.61. The van der Waals surface area contributed by atoms with Crippen molar-refractivity contribution in [2.75, 3.05) is 6.61 Å². The molecule has 0 radical (unpaired) electrons. The Morgan fingerprint density at radius 3 is 2.50 bits per heavy atom. The lowest BCUT2D eigenvalue weighted by atomic mass is 9.93. The summed E-state index contributed by atoms with van der Waals surface area (Å²) in [5.74, 6) is -4.42. The van der Waals surface area contributed by atoms with Crippen LogP contribution in [-0.2, 0) is 9.53 Å². The molecule has 94 valence electrons. The Morgan fingerprint density at radius 2 is 2.06 bits per heavy atom. The monoisotopic (exact) mass is 238 g/mol. The third-order valence-electron chi connectivity index (χ3n) is 2.45. The number of aliphatic carboxylic acids is 1. The Balaban J connectivity index is 2.89. The standard InChI is InChI=1S/C8H14O8/c9-2-4(11)6-5(12)3(10)1-8(15,16-6)7(13)14/h3-6,9-12,15H,1-2H2,(H,13,14)/t3-,4?,5-,6?,8+/m1/s1. The topological polar surface area (TPSA) is 148 Å². The molecule has 0 aromatic carbocycles. The van der Waals surface area contributed by atoms with Crippen LogP contribution in [0.25, 0.3) is 0 Å². The maximum atomic E-state index is 10.7. The molecule has 1 aliphatic rings. The van der Waals surface area contributed by atoms with E-state index >= 15 is 0 Å². The molecule has 0 saturated carbocycles. The molecule has 8 nitrogen and oxygen atoms in total. The minimum atomic E-state index is -2.68. The first-order valence-electron chi connectivity index (χ1n) is 4.60. The van der Waals surface area contributed by atoms with Gasteiger partial charge in [-0.15, -0.1) is 0 Å². The first-order chi connectivity index (χ1) is 7.31. The predicted octanol–water partition coefficient (Wildman–Crippen LogP) is -3.38. The third kappa shape index (κ3) is 2.32. The lowest BCUT2D eigenvalue weighted by Crippen LogP contribution is -2.61. The van der Waals surface area contributed by atoms with Crippen molar-refractivity contribution < 1.29 is 40.2 Å². The van der Waals surface area contributed by atoms with Crippen LogP contribution in [0.15, 0.2) is 0 Å². The highest BCUT2D eigenvalue weighted by Crippen LogP contribution is 2.29. The van der Waals surface area contributed by atoms with E-state index in [1.807, 2.05) is 0 Å². The van der Waals surface area contributed by atoms with Crippen molar-refractivity contribution in [3.05, 3.63) is 0 Å². The summed E-state index contributed by atoms with van der Waals surface area (Å²) in [4.78, 5) is 10.7. The average Bonchev–Trinajstić information content (AvgIpc) is 2.22. The summed E-state index contributed by atoms with van der Waals surface area (Å²) in [6.45, 7) is -0.801. The zero-order chi connectivity index (χ0) is 12.5. The van der Waals surface area contributed by atoms with Crippen LogP contribution in [0.2, 0.25) is 0 Å². The highest BCUT2D eigenvalue weighted by atomic mass is 16.7. The second-order valence-electron chi connectivity index (χ2n) is 3.68. The molecule has 0 aromatic heterocycles. The minimum absolute atomic E-state index is 0.724. The molecule has 0 aliphatic carbocycles. The van der Waals surface area contributed by atoms with Crippen LogP contribution in [0.1, 0.15) is 6.42 Å². The smallest absolute Gasteiger partial charge is 0.364 e. The molecular weight excluding hydrogens is 224 g/mol. The maximum absolute atomic E-state index is 10.7. The van der Waals surface area contributed by atoms with Crippen molar-refractivity contribution in [3.63, 3.8) is 0 Å². The van der Waals surface area contributed by atoms with Gasteiger partial charge >= 0.3 is 5.97 Å². The molecule has 0 aromatic rings. The summed E-state index contributed by atoms with van der Waals surface area (Å²) in [6, 6.07) is 0.